The van der Waals surface area contributed by atoms with Gasteiger partial charge in [-0.2, -0.15) is 9.97 Å². The highest BCUT2D eigenvalue weighted by molar-refractivity contribution is 6.42. The zero-order chi connectivity index (χ0) is 42.7. The van der Waals surface area contributed by atoms with E-state index >= 15 is 0 Å². The molecule has 3 N–H and O–H groups in total. The standard InChI is InChI=1S/C24H23Cl2N5.C23H22Cl2N6/c1-15-7-10-20-21(13-15)31(23(29-20)16-8-9-18(25)19(26)14-16)22-11-12-27-24(30-22)28-17-5-3-2-4-6-17;1-14-4-7-19-20(11-14)31(22(29-19)15-5-6-17(24)18(25)12-15)21-8-10-27-23(30-21)28-16-3-2-9-26-13-16/h7-14,17H,2-6H2,1H3,(H,27,28,30);4-8,10-12,16,26H,2-3,9,13H2,1H3,(H,27,28,30)/t;16-/m.0/s1. The number of anilines is 2. The average molecular weight is 906 g/mol. The Bertz CT molecular complexity index is 2690. The summed E-state index contributed by atoms with van der Waals surface area (Å²) in [6, 6.07) is 28.1. The maximum atomic E-state index is 6.32. The largest absolute Gasteiger partial charge is 0.351 e. The molecular formula is C47H45Cl4N11. The van der Waals surface area contributed by atoms with Crippen LogP contribution in [0.3, 0.4) is 0 Å². The highest BCUT2D eigenvalue weighted by atomic mass is 35.5. The summed E-state index contributed by atoms with van der Waals surface area (Å²) < 4.78 is 4.11. The predicted octanol–water partition coefficient (Wildman–Crippen LogP) is 12.1. The second kappa shape index (κ2) is 18.6. The van der Waals surface area contributed by atoms with E-state index in [0.29, 0.717) is 44.1 Å². The number of hydrogen-bond donors (Lipinski definition) is 3. The number of hydrogen-bond acceptors (Lipinski definition) is 9. The fourth-order valence-electron chi connectivity index (χ4n) is 8.17. The molecule has 15 heteroatoms. The molecule has 1 saturated heterocycles. The van der Waals surface area contributed by atoms with Crippen LogP contribution in [0.25, 0.3) is 56.5 Å². The molecule has 0 amide bonds. The van der Waals surface area contributed by atoms with Gasteiger partial charge in [0.25, 0.3) is 0 Å². The van der Waals surface area contributed by atoms with E-state index in [1.54, 1.807) is 24.5 Å². The maximum absolute atomic E-state index is 6.32. The molecule has 62 heavy (non-hydrogen) atoms. The summed E-state index contributed by atoms with van der Waals surface area (Å²) in [7, 11) is 0. The van der Waals surface area contributed by atoms with Crippen LogP contribution in [-0.2, 0) is 0 Å². The minimum Gasteiger partial charge on any atom is -0.351 e. The van der Waals surface area contributed by atoms with Crippen LogP contribution in [0, 0.1) is 13.8 Å². The minimum atomic E-state index is 0.320. The average Bonchev–Trinajstić information content (AvgIpc) is 3.85. The summed E-state index contributed by atoms with van der Waals surface area (Å²) in [5.41, 5.74) is 7.80. The van der Waals surface area contributed by atoms with Crippen molar-refractivity contribution in [1.82, 2.24) is 44.4 Å². The number of rotatable bonds is 8. The van der Waals surface area contributed by atoms with Gasteiger partial charge in [-0.05, 0) is 130 Å². The lowest BCUT2D eigenvalue weighted by molar-refractivity contribution is 0.461. The van der Waals surface area contributed by atoms with Crippen molar-refractivity contribution in [3.8, 4) is 34.4 Å². The Morgan fingerprint density at radius 2 is 1.03 bits per heavy atom. The molecule has 1 atom stereocenters. The Kier molecular flexibility index (Phi) is 12.6. The van der Waals surface area contributed by atoms with Crippen molar-refractivity contribution in [1.29, 1.82) is 0 Å². The van der Waals surface area contributed by atoms with Crippen molar-refractivity contribution >= 4 is 80.4 Å². The smallest absolute Gasteiger partial charge is 0.224 e. The van der Waals surface area contributed by atoms with E-state index in [4.69, 9.17) is 66.3 Å². The van der Waals surface area contributed by atoms with E-state index in [2.05, 4.69) is 68.6 Å². The van der Waals surface area contributed by atoms with Gasteiger partial charge in [0.1, 0.15) is 23.3 Å². The molecule has 2 aliphatic rings. The molecule has 4 aromatic carbocycles. The summed E-state index contributed by atoms with van der Waals surface area (Å²) in [4.78, 5) is 28.4. The highest BCUT2D eigenvalue weighted by Gasteiger charge is 2.21. The Morgan fingerprint density at radius 3 is 1.52 bits per heavy atom. The van der Waals surface area contributed by atoms with Gasteiger partial charge in [-0.25, -0.2) is 19.9 Å². The highest BCUT2D eigenvalue weighted by Crippen LogP contribution is 2.35. The summed E-state index contributed by atoms with van der Waals surface area (Å²) in [5, 5.41) is 12.4. The first-order valence-corrected chi connectivity index (χ1v) is 22.5. The summed E-state index contributed by atoms with van der Waals surface area (Å²) in [6.07, 6.45) is 12.0. The van der Waals surface area contributed by atoms with Crippen molar-refractivity contribution in [2.75, 3.05) is 23.7 Å². The fraction of sp³-hybridized carbons (Fsp3) is 0.277. The molecule has 10 rings (SSSR count). The predicted molar refractivity (Wildman–Crippen MR) is 254 cm³/mol. The summed E-state index contributed by atoms with van der Waals surface area (Å²) in [6.45, 7) is 6.12. The SMILES string of the molecule is Cc1ccc2nc(-c3ccc(Cl)c(Cl)c3)n(-c3ccnc(NC4CCCCC4)n3)c2c1.Cc1ccc2nc(-c3ccc(Cl)c(Cl)c3)n(-c3ccnc(N[C@H]4CCCNC4)n3)c2c1. The quantitative estimate of drug-likeness (QED) is 0.137. The van der Waals surface area contributed by atoms with Gasteiger partial charge in [0.2, 0.25) is 11.9 Å². The third-order valence-corrected chi connectivity index (χ3v) is 12.8. The van der Waals surface area contributed by atoms with Gasteiger partial charge in [0.15, 0.2) is 0 Å². The zero-order valence-electron chi connectivity index (χ0n) is 34.3. The second-order valence-corrected chi connectivity index (χ2v) is 17.6. The number of aryl methyl sites for hydroxylation is 2. The molecule has 11 nitrogen and oxygen atoms in total. The summed E-state index contributed by atoms with van der Waals surface area (Å²) in [5.74, 6) is 4.29. The van der Waals surface area contributed by atoms with Crippen molar-refractivity contribution in [2.24, 2.45) is 0 Å². The number of nitrogens with one attached hydrogen (secondary N) is 3. The number of piperidine rings is 1. The lowest BCUT2D eigenvalue weighted by Crippen LogP contribution is -2.38. The molecular weight excluding hydrogens is 860 g/mol. The Morgan fingerprint density at radius 1 is 0.532 bits per heavy atom. The topological polar surface area (TPSA) is 123 Å². The van der Waals surface area contributed by atoms with E-state index in [-0.39, 0.29) is 0 Å². The molecule has 0 unspecified atom stereocenters. The second-order valence-electron chi connectivity index (χ2n) is 15.9. The van der Waals surface area contributed by atoms with Gasteiger partial charge in [-0.3, -0.25) is 9.13 Å². The molecule has 0 spiro atoms. The van der Waals surface area contributed by atoms with Crippen LogP contribution in [0.1, 0.15) is 56.1 Å². The van der Waals surface area contributed by atoms with Crippen LogP contribution in [-0.4, -0.2) is 64.2 Å². The molecule has 4 aromatic heterocycles. The molecule has 1 aliphatic carbocycles. The van der Waals surface area contributed by atoms with Gasteiger partial charge < -0.3 is 16.0 Å². The van der Waals surface area contributed by atoms with Gasteiger partial charge in [0.05, 0.1) is 42.2 Å². The number of benzene rings is 4. The van der Waals surface area contributed by atoms with Crippen LogP contribution < -0.4 is 16.0 Å². The number of fused-ring (bicyclic) bond motifs is 2. The van der Waals surface area contributed by atoms with E-state index in [1.807, 2.05) is 53.1 Å². The first kappa shape index (κ1) is 42.0. The van der Waals surface area contributed by atoms with E-state index in [0.717, 1.165) is 106 Å². The molecule has 0 bridgehead atoms. The molecule has 316 valence electrons. The van der Waals surface area contributed by atoms with Crippen molar-refractivity contribution in [2.45, 2.75) is 70.9 Å². The van der Waals surface area contributed by atoms with Crippen LogP contribution in [0.5, 0.6) is 0 Å². The Balaban J connectivity index is 0.000000158. The molecule has 8 aromatic rings. The first-order valence-electron chi connectivity index (χ1n) is 21.0. The van der Waals surface area contributed by atoms with Crippen LogP contribution >= 0.6 is 46.4 Å². The minimum absolute atomic E-state index is 0.320. The molecule has 1 aliphatic heterocycles. The number of nitrogens with zero attached hydrogens (tertiary/aromatic N) is 8. The Labute approximate surface area is 380 Å². The third-order valence-electron chi connectivity index (χ3n) is 11.3. The number of halogens is 4. The van der Waals surface area contributed by atoms with E-state index < -0.39 is 0 Å². The van der Waals surface area contributed by atoms with Gasteiger partial charge >= 0.3 is 0 Å². The van der Waals surface area contributed by atoms with Gasteiger partial charge in [0, 0.05) is 42.1 Å². The Hall–Kier alpha value is -5.30. The molecule has 5 heterocycles. The van der Waals surface area contributed by atoms with Crippen molar-refractivity contribution in [3.05, 3.63) is 129 Å². The number of imidazole rings is 2. The maximum Gasteiger partial charge on any atom is 0.224 e. The first-order chi connectivity index (χ1) is 30.2. The lowest BCUT2D eigenvalue weighted by atomic mass is 9.96. The van der Waals surface area contributed by atoms with Crippen molar-refractivity contribution < 1.29 is 0 Å². The van der Waals surface area contributed by atoms with Crippen molar-refractivity contribution in [3.63, 3.8) is 0 Å². The summed E-state index contributed by atoms with van der Waals surface area (Å²) >= 11 is 24.9. The molecule has 0 radical (unpaired) electrons. The fourth-order valence-corrected chi connectivity index (χ4v) is 8.76. The van der Waals surface area contributed by atoms with Crippen LogP contribution in [0.2, 0.25) is 20.1 Å². The lowest BCUT2D eigenvalue weighted by Gasteiger charge is -2.23. The number of aromatic nitrogens is 8. The molecule has 1 saturated carbocycles. The van der Waals surface area contributed by atoms with Crippen LogP contribution in [0.4, 0.5) is 11.9 Å². The third kappa shape index (κ3) is 9.23. The monoisotopic (exact) mass is 903 g/mol. The van der Waals surface area contributed by atoms with Gasteiger partial charge in [-0.15, -0.1) is 0 Å². The van der Waals surface area contributed by atoms with E-state index in [9.17, 15) is 0 Å². The molecule has 2 fully saturated rings. The van der Waals surface area contributed by atoms with Crippen LogP contribution in [0.15, 0.2) is 97.3 Å². The normalized spacial score (nSPS) is 15.7. The van der Waals surface area contributed by atoms with E-state index in [1.165, 1.54) is 19.3 Å². The zero-order valence-corrected chi connectivity index (χ0v) is 37.4. The van der Waals surface area contributed by atoms with Gasteiger partial charge in [-0.1, -0.05) is 77.8 Å².